The maximum absolute atomic E-state index is 6.23. The van der Waals surface area contributed by atoms with E-state index in [4.69, 9.17) is 10.5 Å². The van der Waals surface area contributed by atoms with Gasteiger partial charge in [0.2, 0.25) is 0 Å². The summed E-state index contributed by atoms with van der Waals surface area (Å²) in [6.07, 6.45) is 0.958. The first-order valence-corrected chi connectivity index (χ1v) is 7.43. The van der Waals surface area contributed by atoms with Gasteiger partial charge in [-0.15, -0.1) is 0 Å². The van der Waals surface area contributed by atoms with Crippen molar-refractivity contribution in [2.75, 3.05) is 7.11 Å². The highest BCUT2D eigenvalue weighted by Crippen LogP contribution is 2.38. The summed E-state index contributed by atoms with van der Waals surface area (Å²) < 4.78 is 5.21. The molecule has 3 heteroatoms. The van der Waals surface area contributed by atoms with Crippen LogP contribution in [0.4, 0.5) is 0 Å². The second kappa shape index (κ2) is 5.88. The van der Waals surface area contributed by atoms with Gasteiger partial charge in [-0.2, -0.15) is 0 Å². The largest absolute Gasteiger partial charge is 0.497 e. The van der Waals surface area contributed by atoms with Crippen LogP contribution < -0.4 is 15.8 Å². The van der Waals surface area contributed by atoms with Gasteiger partial charge in [0.15, 0.2) is 0 Å². The molecule has 0 fully saturated rings. The van der Waals surface area contributed by atoms with Gasteiger partial charge >= 0.3 is 0 Å². The second-order valence-corrected chi connectivity index (χ2v) is 5.69. The zero-order chi connectivity index (χ0) is 14.8. The summed E-state index contributed by atoms with van der Waals surface area (Å²) in [5, 5.41) is 3.70. The van der Waals surface area contributed by atoms with Crippen molar-refractivity contribution >= 4 is 0 Å². The number of hydrogen-bond donors (Lipinski definition) is 2. The van der Waals surface area contributed by atoms with Gasteiger partial charge in [0.25, 0.3) is 0 Å². The predicted octanol–water partition coefficient (Wildman–Crippen LogP) is 3.49. The fraction of sp³-hybridized carbons (Fsp3) is 0.333. The molecule has 2 unspecified atom stereocenters. The molecule has 110 valence electrons. The summed E-state index contributed by atoms with van der Waals surface area (Å²) in [6, 6.07) is 17.4. The van der Waals surface area contributed by atoms with Crippen LogP contribution in [0.1, 0.15) is 48.2 Å². The van der Waals surface area contributed by atoms with Crippen molar-refractivity contribution in [1.29, 1.82) is 0 Å². The van der Waals surface area contributed by atoms with Gasteiger partial charge in [0.1, 0.15) is 5.75 Å². The van der Waals surface area contributed by atoms with E-state index in [-0.39, 0.29) is 12.1 Å². The van der Waals surface area contributed by atoms with Crippen LogP contribution in [-0.4, -0.2) is 7.11 Å². The Hall–Kier alpha value is -1.84. The van der Waals surface area contributed by atoms with E-state index in [9.17, 15) is 0 Å². The minimum absolute atomic E-state index is 0.141. The van der Waals surface area contributed by atoms with Crippen LogP contribution in [0.3, 0.4) is 0 Å². The predicted molar refractivity (Wildman–Crippen MR) is 85.3 cm³/mol. The summed E-state index contributed by atoms with van der Waals surface area (Å²) in [5.74, 6) is 0.888. The molecule has 0 aliphatic heterocycles. The van der Waals surface area contributed by atoms with Crippen LogP contribution >= 0.6 is 0 Å². The van der Waals surface area contributed by atoms with Crippen LogP contribution in [0.2, 0.25) is 0 Å². The number of fused-ring (bicyclic) bond motifs is 1. The highest BCUT2D eigenvalue weighted by atomic mass is 16.5. The molecular weight excluding hydrogens is 260 g/mol. The minimum Gasteiger partial charge on any atom is -0.497 e. The maximum atomic E-state index is 6.23. The number of hydrogen-bond acceptors (Lipinski definition) is 3. The monoisotopic (exact) mass is 282 g/mol. The van der Waals surface area contributed by atoms with E-state index in [1.807, 2.05) is 12.1 Å². The highest BCUT2D eigenvalue weighted by Gasteiger charge is 2.28. The third-order valence-electron chi connectivity index (χ3n) is 4.33. The lowest BCUT2D eigenvalue weighted by Crippen LogP contribution is -2.23. The molecule has 3 N–H and O–H groups in total. The van der Waals surface area contributed by atoms with Gasteiger partial charge in [-0.25, -0.2) is 0 Å². The molecule has 21 heavy (non-hydrogen) atoms. The Morgan fingerprint density at radius 1 is 1.10 bits per heavy atom. The van der Waals surface area contributed by atoms with E-state index in [1.54, 1.807) is 7.11 Å². The first-order chi connectivity index (χ1) is 10.2. The molecule has 1 aliphatic carbocycles. The Kier molecular flexibility index (Phi) is 3.95. The van der Waals surface area contributed by atoms with Crippen molar-refractivity contribution < 1.29 is 4.74 Å². The lowest BCUT2D eigenvalue weighted by atomic mass is 10.0. The molecule has 0 amide bonds. The Balaban J connectivity index is 1.74. The standard InChI is InChI=1S/C18H22N2O/c1-12(13-7-9-14(21-2)10-8-13)20-18-11-17(19)15-5-3-4-6-16(15)18/h3-10,12,17-18,20H,11,19H2,1-2H3/t12-,17?,18?/m0/s1. The van der Waals surface area contributed by atoms with Gasteiger partial charge in [0.05, 0.1) is 7.11 Å². The van der Waals surface area contributed by atoms with E-state index in [0.717, 1.165) is 12.2 Å². The van der Waals surface area contributed by atoms with Crippen molar-refractivity contribution in [3.05, 3.63) is 65.2 Å². The van der Waals surface area contributed by atoms with Crippen LogP contribution in [0.15, 0.2) is 48.5 Å². The van der Waals surface area contributed by atoms with Crippen molar-refractivity contribution in [3.8, 4) is 5.75 Å². The molecule has 0 bridgehead atoms. The van der Waals surface area contributed by atoms with Crippen molar-refractivity contribution in [2.24, 2.45) is 5.73 Å². The Bertz CT molecular complexity index is 609. The third kappa shape index (κ3) is 2.80. The minimum atomic E-state index is 0.141. The van der Waals surface area contributed by atoms with E-state index >= 15 is 0 Å². The lowest BCUT2D eigenvalue weighted by molar-refractivity contribution is 0.413. The molecule has 0 heterocycles. The molecule has 0 radical (unpaired) electrons. The van der Waals surface area contributed by atoms with Gasteiger partial charge < -0.3 is 15.8 Å². The molecule has 0 saturated carbocycles. The Labute approximate surface area is 126 Å². The summed E-state index contributed by atoms with van der Waals surface area (Å²) in [4.78, 5) is 0. The van der Waals surface area contributed by atoms with Crippen molar-refractivity contribution in [3.63, 3.8) is 0 Å². The normalized spacial score (nSPS) is 21.9. The summed E-state index contributed by atoms with van der Waals surface area (Å²) in [7, 11) is 1.69. The molecule has 3 atom stereocenters. The fourth-order valence-corrected chi connectivity index (χ4v) is 3.12. The highest BCUT2D eigenvalue weighted by molar-refractivity contribution is 5.38. The SMILES string of the molecule is COc1ccc([C@H](C)NC2CC(N)c3ccccc32)cc1. The number of methoxy groups -OCH3 is 1. The summed E-state index contributed by atoms with van der Waals surface area (Å²) >= 11 is 0. The first-order valence-electron chi connectivity index (χ1n) is 7.43. The summed E-state index contributed by atoms with van der Waals surface area (Å²) in [6.45, 7) is 2.19. The zero-order valence-electron chi connectivity index (χ0n) is 12.5. The van der Waals surface area contributed by atoms with E-state index in [0.29, 0.717) is 6.04 Å². The van der Waals surface area contributed by atoms with Crippen molar-refractivity contribution in [2.45, 2.75) is 31.5 Å². The Morgan fingerprint density at radius 2 is 1.76 bits per heavy atom. The molecule has 3 nitrogen and oxygen atoms in total. The molecule has 1 aliphatic rings. The average molecular weight is 282 g/mol. The average Bonchev–Trinajstić information content (AvgIpc) is 2.84. The number of nitrogens with two attached hydrogens (primary N) is 1. The van der Waals surface area contributed by atoms with Crippen LogP contribution in [-0.2, 0) is 0 Å². The fourth-order valence-electron chi connectivity index (χ4n) is 3.12. The van der Waals surface area contributed by atoms with Crippen molar-refractivity contribution in [1.82, 2.24) is 5.32 Å². The smallest absolute Gasteiger partial charge is 0.118 e. The van der Waals surface area contributed by atoms with Gasteiger partial charge in [-0.1, -0.05) is 36.4 Å². The zero-order valence-corrected chi connectivity index (χ0v) is 12.5. The third-order valence-corrected chi connectivity index (χ3v) is 4.33. The molecular formula is C18H22N2O. The van der Waals surface area contributed by atoms with E-state index in [2.05, 4.69) is 48.6 Å². The molecule has 3 rings (SSSR count). The molecule has 2 aromatic rings. The molecule has 0 spiro atoms. The van der Waals surface area contributed by atoms with E-state index in [1.165, 1.54) is 16.7 Å². The molecule has 0 aromatic heterocycles. The van der Waals surface area contributed by atoms with E-state index < -0.39 is 0 Å². The van der Waals surface area contributed by atoms with Gasteiger partial charge in [-0.3, -0.25) is 0 Å². The number of benzene rings is 2. The number of rotatable bonds is 4. The Morgan fingerprint density at radius 3 is 2.43 bits per heavy atom. The quantitative estimate of drug-likeness (QED) is 0.902. The molecule has 0 saturated heterocycles. The second-order valence-electron chi connectivity index (χ2n) is 5.69. The van der Waals surface area contributed by atoms with Crippen LogP contribution in [0.25, 0.3) is 0 Å². The van der Waals surface area contributed by atoms with Crippen LogP contribution in [0, 0.1) is 0 Å². The number of nitrogens with one attached hydrogen (secondary N) is 1. The van der Waals surface area contributed by atoms with Gasteiger partial charge in [0, 0.05) is 18.1 Å². The first kappa shape index (κ1) is 14.1. The topological polar surface area (TPSA) is 47.3 Å². The summed E-state index contributed by atoms with van der Waals surface area (Å²) in [5.41, 5.74) is 10.1. The lowest BCUT2D eigenvalue weighted by Gasteiger charge is -2.21. The molecule has 2 aromatic carbocycles. The van der Waals surface area contributed by atoms with Crippen LogP contribution in [0.5, 0.6) is 5.75 Å². The van der Waals surface area contributed by atoms with Gasteiger partial charge in [-0.05, 0) is 42.2 Å². The number of ether oxygens (including phenoxy) is 1. The maximum Gasteiger partial charge on any atom is 0.118 e.